The molecule has 0 unspecified atom stereocenters. The van der Waals surface area contributed by atoms with E-state index in [9.17, 15) is 14.9 Å². The van der Waals surface area contributed by atoms with Gasteiger partial charge in [0.2, 0.25) is 0 Å². The predicted molar refractivity (Wildman–Crippen MR) is 72.3 cm³/mol. The monoisotopic (exact) mass is 282 g/mol. The van der Waals surface area contributed by atoms with Crippen molar-refractivity contribution in [1.29, 1.82) is 0 Å². The maximum Gasteiger partial charge on any atom is 0.344 e. The molecule has 0 aliphatic heterocycles. The van der Waals surface area contributed by atoms with Gasteiger partial charge in [-0.25, -0.2) is 4.79 Å². The van der Waals surface area contributed by atoms with Crippen molar-refractivity contribution in [2.75, 3.05) is 6.61 Å². The topological polar surface area (TPSA) is 105 Å². The molecular formula is C13H18N2O5. The molecule has 0 aliphatic rings. The van der Waals surface area contributed by atoms with Gasteiger partial charge in [-0.3, -0.25) is 10.1 Å². The third-order valence-electron chi connectivity index (χ3n) is 2.25. The van der Waals surface area contributed by atoms with Crippen LogP contribution in [0.1, 0.15) is 26.3 Å². The van der Waals surface area contributed by atoms with Gasteiger partial charge in [0.15, 0.2) is 12.4 Å². The lowest BCUT2D eigenvalue weighted by Gasteiger charge is -2.19. The highest BCUT2D eigenvalue weighted by Crippen LogP contribution is 2.30. The summed E-state index contributed by atoms with van der Waals surface area (Å²) in [6.45, 7) is 4.79. The summed E-state index contributed by atoms with van der Waals surface area (Å²) in [5.74, 6) is -0.589. The molecule has 0 saturated carbocycles. The fourth-order valence-electron chi connectivity index (χ4n) is 1.56. The van der Waals surface area contributed by atoms with Crippen LogP contribution in [0, 0.1) is 10.1 Å². The molecule has 0 heterocycles. The quantitative estimate of drug-likeness (QED) is 0.501. The number of ether oxygens (including phenoxy) is 2. The van der Waals surface area contributed by atoms with E-state index in [1.807, 2.05) is 0 Å². The summed E-state index contributed by atoms with van der Waals surface area (Å²) < 4.78 is 10.2. The van der Waals surface area contributed by atoms with Crippen LogP contribution in [-0.4, -0.2) is 23.1 Å². The van der Waals surface area contributed by atoms with Crippen LogP contribution >= 0.6 is 0 Å². The van der Waals surface area contributed by atoms with Crippen molar-refractivity contribution in [1.82, 2.24) is 0 Å². The third-order valence-corrected chi connectivity index (χ3v) is 2.25. The van der Waals surface area contributed by atoms with E-state index in [0.717, 1.165) is 0 Å². The average Bonchev–Trinajstić information content (AvgIpc) is 2.33. The molecule has 0 fully saturated rings. The minimum Gasteiger partial charge on any atom is -0.475 e. The van der Waals surface area contributed by atoms with E-state index in [1.165, 1.54) is 6.07 Å². The Kier molecular flexibility index (Phi) is 5.04. The Morgan fingerprint density at radius 1 is 1.40 bits per heavy atom. The zero-order chi connectivity index (χ0) is 15.3. The van der Waals surface area contributed by atoms with Gasteiger partial charge in [-0.1, -0.05) is 12.1 Å². The van der Waals surface area contributed by atoms with E-state index in [1.54, 1.807) is 32.9 Å². The third kappa shape index (κ3) is 4.51. The molecule has 0 saturated heterocycles. The molecule has 7 nitrogen and oxygen atoms in total. The number of carbonyl (C=O) groups excluding carboxylic acids is 1. The highest BCUT2D eigenvalue weighted by atomic mass is 16.6. The Hall–Kier alpha value is -2.15. The van der Waals surface area contributed by atoms with Gasteiger partial charge in [-0.05, 0) is 26.8 Å². The van der Waals surface area contributed by atoms with Gasteiger partial charge in [0.25, 0.3) is 0 Å². The van der Waals surface area contributed by atoms with Crippen molar-refractivity contribution in [2.45, 2.75) is 32.9 Å². The Labute approximate surface area is 116 Å². The molecule has 2 N–H and O–H groups in total. The van der Waals surface area contributed by atoms with Crippen LogP contribution in [0.5, 0.6) is 5.75 Å². The predicted octanol–water partition coefficient (Wildman–Crippen LogP) is 1.77. The molecule has 0 amide bonds. The van der Waals surface area contributed by atoms with Crippen molar-refractivity contribution in [3.05, 3.63) is 33.9 Å². The van der Waals surface area contributed by atoms with Gasteiger partial charge in [0.05, 0.1) is 4.92 Å². The van der Waals surface area contributed by atoms with Crippen LogP contribution in [0.4, 0.5) is 5.69 Å². The first-order valence-electron chi connectivity index (χ1n) is 6.05. The Bertz CT molecular complexity index is 508. The molecular weight excluding hydrogens is 264 g/mol. The smallest absolute Gasteiger partial charge is 0.344 e. The lowest BCUT2D eigenvalue weighted by atomic mass is 10.1. The number of esters is 1. The van der Waals surface area contributed by atoms with Gasteiger partial charge in [0, 0.05) is 12.1 Å². The number of carbonyl (C=O) groups is 1. The van der Waals surface area contributed by atoms with Crippen molar-refractivity contribution >= 4 is 11.7 Å². The van der Waals surface area contributed by atoms with Crippen LogP contribution in [0.3, 0.4) is 0 Å². The minimum absolute atomic E-state index is 0.00353. The fraction of sp³-hybridized carbons (Fsp3) is 0.462. The maximum atomic E-state index is 11.5. The summed E-state index contributed by atoms with van der Waals surface area (Å²) >= 11 is 0. The number of nitro groups is 1. The Balaban J connectivity index is 2.83. The molecule has 7 heteroatoms. The van der Waals surface area contributed by atoms with Crippen LogP contribution in [0.15, 0.2) is 18.2 Å². The molecule has 1 aromatic rings. The van der Waals surface area contributed by atoms with E-state index >= 15 is 0 Å². The largest absolute Gasteiger partial charge is 0.475 e. The number of nitrogens with zero attached hydrogens (tertiary/aromatic N) is 1. The first-order valence-corrected chi connectivity index (χ1v) is 6.05. The molecule has 0 aromatic heterocycles. The second-order valence-electron chi connectivity index (χ2n) is 5.10. The number of rotatable bonds is 5. The number of hydrogen-bond donors (Lipinski definition) is 1. The lowest BCUT2D eigenvalue weighted by molar-refractivity contribution is -0.386. The number of nitrogens with two attached hydrogens (primary N) is 1. The SMILES string of the molecule is CC(C)(C)OC(=O)COc1cccc(CN)c1[N+](=O)[O-]. The van der Waals surface area contributed by atoms with Crippen molar-refractivity contribution in [3.8, 4) is 5.75 Å². The Morgan fingerprint density at radius 2 is 2.05 bits per heavy atom. The van der Waals surface area contributed by atoms with Crippen LogP contribution in [-0.2, 0) is 16.1 Å². The Morgan fingerprint density at radius 3 is 2.55 bits per heavy atom. The van der Waals surface area contributed by atoms with Crippen LogP contribution in [0.2, 0.25) is 0 Å². The molecule has 0 atom stereocenters. The summed E-state index contributed by atoms with van der Waals surface area (Å²) in [5, 5.41) is 11.0. The van der Waals surface area contributed by atoms with Crippen LogP contribution in [0.25, 0.3) is 0 Å². The summed E-state index contributed by atoms with van der Waals surface area (Å²) in [5.41, 5.74) is 4.93. The molecule has 0 bridgehead atoms. The molecule has 1 aromatic carbocycles. The summed E-state index contributed by atoms with van der Waals surface area (Å²) in [6, 6.07) is 4.54. The number of hydrogen-bond acceptors (Lipinski definition) is 6. The van der Waals surface area contributed by atoms with E-state index in [0.29, 0.717) is 5.56 Å². The molecule has 110 valence electrons. The molecule has 20 heavy (non-hydrogen) atoms. The van der Waals surface area contributed by atoms with Gasteiger partial charge >= 0.3 is 11.7 Å². The second kappa shape index (κ2) is 6.33. The number of para-hydroxylation sites is 1. The summed E-state index contributed by atoms with van der Waals surface area (Å²) in [7, 11) is 0. The number of benzene rings is 1. The number of nitro benzene ring substituents is 1. The summed E-state index contributed by atoms with van der Waals surface area (Å²) in [4.78, 5) is 22.0. The molecule has 0 radical (unpaired) electrons. The molecule has 0 aliphatic carbocycles. The van der Waals surface area contributed by atoms with E-state index in [4.69, 9.17) is 15.2 Å². The van der Waals surface area contributed by atoms with E-state index in [-0.39, 0.29) is 18.0 Å². The highest BCUT2D eigenvalue weighted by Gasteiger charge is 2.22. The first kappa shape index (κ1) is 15.9. The highest BCUT2D eigenvalue weighted by molar-refractivity contribution is 5.72. The van der Waals surface area contributed by atoms with Crippen molar-refractivity contribution in [2.24, 2.45) is 5.73 Å². The summed E-state index contributed by atoms with van der Waals surface area (Å²) in [6.07, 6.45) is 0. The first-order chi connectivity index (χ1) is 9.24. The van der Waals surface area contributed by atoms with Gasteiger partial charge < -0.3 is 15.2 Å². The zero-order valence-corrected chi connectivity index (χ0v) is 11.7. The van der Waals surface area contributed by atoms with Crippen molar-refractivity contribution < 1.29 is 19.2 Å². The average molecular weight is 282 g/mol. The lowest BCUT2D eigenvalue weighted by Crippen LogP contribution is -2.27. The zero-order valence-electron chi connectivity index (χ0n) is 11.7. The molecule has 0 spiro atoms. The maximum absolute atomic E-state index is 11.5. The van der Waals surface area contributed by atoms with E-state index < -0.39 is 23.1 Å². The molecule has 1 rings (SSSR count). The van der Waals surface area contributed by atoms with Gasteiger partial charge in [-0.15, -0.1) is 0 Å². The normalized spacial score (nSPS) is 11.0. The fourth-order valence-corrected chi connectivity index (χ4v) is 1.56. The van der Waals surface area contributed by atoms with Crippen LogP contribution < -0.4 is 10.5 Å². The standard InChI is InChI=1S/C13H18N2O5/c1-13(2,3)20-11(16)8-19-10-6-4-5-9(7-14)12(10)15(17)18/h4-6H,7-8,14H2,1-3H3. The van der Waals surface area contributed by atoms with Gasteiger partial charge in [-0.2, -0.15) is 0 Å². The van der Waals surface area contributed by atoms with Crippen molar-refractivity contribution in [3.63, 3.8) is 0 Å². The van der Waals surface area contributed by atoms with Gasteiger partial charge in [0.1, 0.15) is 5.60 Å². The van der Waals surface area contributed by atoms with E-state index in [2.05, 4.69) is 0 Å². The minimum atomic E-state index is -0.633. The second-order valence-corrected chi connectivity index (χ2v) is 5.10.